The summed E-state index contributed by atoms with van der Waals surface area (Å²) in [6.07, 6.45) is 1.04. The Balaban J connectivity index is 2.48. The second-order valence-corrected chi connectivity index (χ2v) is 19.9. The highest BCUT2D eigenvalue weighted by Crippen LogP contribution is 2.46. The Morgan fingerprint density at radius 3 is 1.73 bits per heavy atom. The minimum atomic E-state index is -1.71. The van der Waals surface area contributed by atoms with Gasteiger partial charge in [-0.15, -0.1) is 0 Å². The first-order valence-corrected chi connectivity index (χ1v) is 14.4. The molecule has 0 aromatic heterocycles. The van der Waals surface area contributed by atoms with E-state index in [0.717, 1.165) is 13.0 Å². The van der Waals surface area contributed by atoms with Gasteiger partial charge in [-0.05, 0) is 42.7 Å². The van der Waals surface area contributed by atoms with E-state index in [1.807, 2.05) is 0 Å². The van der Waals surface area contributed by atoms with Gasteiger partial charge in [0, 0.05) is 18.1 Å². The van der Waals surface area contributed by atoms with Crippen molar-refractivity contribution in [1.29, 1.82) is 0 Å². The third-order valence-corrected chi connectivity index (χ3v) is 15.2. The van der Waals surface area contributed by atoms with Crippen LogP contribution in [0.3, 0.4) is 0 Å². The molecule has 0 radical (unpaired) electrons. The molecule has 3 nitrogen and oxygen atoms in total. The minimum Gasteiger partial charge on any atom is -0.416 e. The highest BCUT2D eigenvalue weighted by molar-refractivity contribution is 6.74. The molecule has 0 saturated heterocycles. The summed E-state index contributed by atoms with van der Waals surface area (Å²) in [5.74, 6) is 0.464. The van der Waals surface area contributed by atoms with Crippen LogP contribution in [0.4, 0.5) is 0 Å². The van der Waals surface area contributed by atoms with Crippen molar-refractivity contribution in [1.82, 2.24) is 0 Å². The number of nitrogens with two attached hydrogens (primary N) is 1. The Morgan fingerprint density at radius 1 is 0.909 bits per heavy atom. The maximum Gasteiger partial charge on any atom is 0.192 e. The zero-order valence-electron chi connectivity index (χ0n) is 16.6. The first-order chi connectivity index (χ1) is 9.52. The van der Waals surface area contributed by atoms with Crippen LogP contribution in [0.25, 0.3) is 0 Å². The minimum absolute atomic E-state index is 0.155. The van der Waals surface area contributed by atoms with Crippen molar-refractivity contribution in [2.45, 2.75) is 89.8 Å². The lowest BCUT2D eigenvalue weighted by Gasteiger charge is -2.37. The second kappa shape index (κ2) is 5.99. The number of hydrogen-bond acceptors (Lipinski definition) is 3. The van der Waals surface area contributed by atoms with Crippen molar-refractivity contribution in [2.24, 2.45) is 11.7 Å². The van der Waals surface area contributed by atoms with Crippen LogP contribution in [0.2, 0.25) is 36.3 Å². The van der Waals surface area contributed by atoms with Crippen LogP contribution in [0.5, 0.6) is 0 Å². The van der Waals surface area contributed by atoms with Crippen molar-refractivity contribution >= 4 is 16.6 Å². The Hall–Kier alpha value is 0.314. The third kappa shape index (κ3) is 4.66. The lowest BCUT2D eigenvalue weighted by Crippen LogP contribution is -2.46. The van der Waals surface area contributed by atoms with Crippen molar-refractivity contribution in [3.05, 3.63) is 0 Å². The van der Waals surface area contributed by atoms with Crippen LogP contribution in [-0.4, -0.2) is 35.4 Å². The van der Waals surface area contributed by atoms with E-state index < -0.39 is 16.6 Å². The second-order valence-electron chi connectivity index (χ2n) is 10.3. The van der Waals surface area contributed by atoms with E-state index in [1.165, 1.54) is 0 Å². The molecule has 0 spiro atoms. The van der Waals surface area contributed by atoms with E-state index in [-0.39, 0.29) is 15.6 Å². The molecular weight excluding hydrogens is 306 g/mol. The standard InChI is InChI=1S/C17H39NO2Si2/c1-15(2,3)21(7,8)19-12-14-11-17(14,18)13-20-22(9,10)16(4,5)6/h14H,11-13,18H2,1-10H3/t14-,17+/m0/s1. The fourth-order valence-electron chi connectivity index (χ4n) is 1.86. The Morgan fingerprint density at radius 2 is 1.32 bits per heavy atom. The molecule has 1 fully saturated rings. The molecule has 5 heteroatoms. The van der Waals surface area contributed by atoms with Gasteiger partial charge in [-0.2, -0.15) is 0 Å². The Bertz CT molecular complexity index is 396. The maximum atomic E-state index is 6.51. The zero-order valence-corrected chi connectivity index (χ0v) is 18.6. The summed E-state index contributed by atoms with van der Waals surface area (Å²) in [4.78, 5) is 0. The Labute approximate surface area is 140 Å². The van der Waals surface area contributed by atoms with Gasteiger partial charge in [0.05, 0.1) is 6.61 Å². The first kappa shape index (κ1) is 20.4. The molecule has 0 heterocycles. The zero-order chi connectivity index (χ0) is 17.6. The molecule has 0 bridgehead atoms. The van der Waals surface area contributed by atoms with Crippen LogP contribution < -0.4 is 5.73 Å². The monoisotopic (exact) mass is 345 g/mol. The van der Waals surface area contributed by atoms with Gasteiger partial charge in [0.2, 0.25) is 0 Å². The summed E-state index contributed by atoms with van der Waals surface area (Å²) in [5.41, 5.74) is 6.36. The fraction of sp³-hybridized carbons (Fsp3) is 1.00. The number of rotatable bonds is 6. The van der Waals surface area contributed by atoms with Crippen LogP contribution >= 0.6 is 0 Å². The van der Waals surface area contributed by atoms with Crippen molar-refractivity contribution in [2.75, 3.05) is 13.2 Å². The van der Waals surface area contributed by atoms with Crippen LogP contribution in [0.1, 0.15) is 48.0 Å². The van der Waals surface area contributed by atoms with E-state index in [4.69, 9.17) is 14.6 Å². The van der Waals surface area contributed by atoms with E-state index in [2.05, 4.69) is 67.7 Å². The largest absolute Gasteiger partial charge is 0.416 e. The molecule has 1 aliphatic rings. The van der Waals surface area contributed by atoms with Gasteiger partial charge in [0.1, 0.15) is 0 Å². The summed E-state index contributed by atoms with van der Waals surface area (Å²) in [6.45, 7) is 24.3. The third-order valence-electron chi connectivity index (χ3n) is 6.24. The number of hydrogen-bond donors (Lipinski definition) is 1. The first-order valence-electron chi connectivity index (χ1n) is 8.59. The highest BCUT2D eigenvalue weighted by atomic mass is 28.4. The van der Waals surface area contributed by atoms with Gasteiger partial charge in [-0.25, -0.2) is 0 Å². The van der Waals surface area contributed by atoms with E-state index in [1.54, 1.807) is 0 Å². The van der Waals surface area contributed by atoms with Gasteiger partial charge < -0.3 is 14.6 Å². The molecule has 1 aliphatic carbocycles. The molecule has 0 aliphatic heterocycles. The van der Waals surface area contributed by atoms with E-state index in [9.17, 15) is 0 Å². The lowest BCUT2D eigenvalue weighted by molar-refractivity contribution is 0.217. The molecule has 0 aromatic rings. The Kier molecular flexibility index (Phi) is 5.54. The normalized spacial score (nSPS) is 27.1. The smallest absolute Gasteiger partial charge is 0.192 e. The molecule has 22 heavy (non-hydrogen) atoms. The molecule has 0 aromatic carbocycles. The quantitative estimate of drug-likeness (QED) is 0.707. The van der Waals surface area contributed by atoms with Gasteiger partial charge >= 0.3 is 0 Å². The molecule has 132 valence electrons. The fourth-order valence-corrected chi connectivity index (χ4v) is 3.97. The lowest BCUT2D eigenvalue weighted by atomic mass is 10.2. The molecule has 1 saturated carbocycles. The van der Waals surface area contributed by atoms with Gasteiger partial charge in [0.25, 0.3) is 0 Å². The average Bonchev–Trinajstić information content (AvgIpc) is 2.93. The molecule has 2 N–H and O–H groups in total. The predicted molar refractivity (Wildman–Crippen MR) is 101 cm³/mol. The molecular formula is C17H39NO2Si2. The van der Waals surface area contributed by atoms with Gasteiger partial charge in [-0.3, -0.25) is 0 Å². The molecule has 0 amide bonds. The average molecular weight is 346 g/mol. The van der Waals surface area contributed by atoms with Crippen molar-refractivity contribution < 1.29 is 8.85 Å². The highest BCUT2D eigenvalue weighted by Gasteiger charge is 2.53. The van der Waals surface area contributed by atoms with Crippen LogP contribution in [0, 0.1) is 5.92 Å². The topological polar surface area (TPSA) is 44.5 Å². The van der Waals surface area contributed by atoms with Crippen molar-refractivity contribution in [3.63, 3.8) is 0 Å². The summed E-state index contributed by atoms with van der Waals surface area (Å²) in [6, 6.07) is 0. The van der Waals surface area contributed by atoms with E-state index >= 15 is 0 Å². The molecule has 2 atom stereocenters. The summed E-state index contributed by atoms with van der Waals surface area (Å²) >= 11 is 0. The summed E-state index contributed by atoms with van der Waals surface area (Å²) < 4.78 is 12.6. The molecule has 0 unspecified atom stereocenters. The summed E-state index contributed by atoms with van der Waals surface area (Å²) in [5, 5.41) is 0.502. The maximum absolute atomic E-state index is 6.51. The van der Waals surface area contributed by atoms with Gasteiger partial charge in [-0.1, -0.05) is 41.5 Å². The van der Waals surface area contributed by atoms with Crippen molar-refractivity contribution in [3.8, 4) is 0 Å². The SMILES string of the molecule is CC(C)(C)[Si](C)(C)OC[C@@H]1C[C@@]1(N)CO[Si](C)(C)C(C)(C)C. The predicted octanol–water partition coefficient (Wildman–Crippen LogP) is 4.75. The molecule has 1 rings (SSSR count). The van der Waals surface area contributed by atoms with Gasteiger partial charge in [0.15, 0.2) is 16.6 Å². The summed E-state index contributed by atoms with van der Waals surface area (Å²) in [7, 11) is -3.37. The van der Waals surface area contributed by atoms with Crippen LogP contribution in [0.15, 0.2) is 0 Å². The van der Waals surface area contributed by atoms with E-state index in [0.29, 0.717) is 12.5 Å². The van der Waals surface area contributed by atoms with Crippen LogP contribution in [-0.2, 0) is 8.85 Å².